The first-order valence-electron chi connectivity index (χ1n) is 9.08. The Bertz CT molecular complexity index is 816. The van der Waals surface area contributed by atoms with Crippen LogP contribution in [0.15, 0.2) is 42.6 Å². The number of amides is 2. The van der Waals surface area contributed by atoms with Gasteiger partial charge in [0.2, 0.25) is 0 Å². The van der Waals surface area contributed by atoms with Gasteiger partial charge in [-0.2, -0.15) is 0 Å². The van der Waals surface area contributed by atoms with Crippen LogP contribution in [-0.2, 0) is 4.74 Å². The topological polar surface area (TPSA) is 74.8 Å². The van der Waals surface area contributed by atoms with E-state index in [-0.39, 0.29) is 12.0 Å². The lowest BCUT2D eigenvalue weighted by Gasteiger charge is -2.34. The Balaban J connectivity index is 1.64. The van der Waals surface area contributed by atoms with Gasteiger partial charge in [-0.3, -0.25) is 4.79 Å². The second-order valence-electron chi connectivity index (χ2n) is 6.35. The summed E-state index contributed by atoms with van der Waals surface area (Å²) in [7, 11) is 0. The van der Waals surface area contributed by atoms with Crippen molar-refractivity contribution in [1.82, 2.24) is 14.8 Å². The number of anilines is 2. The van der Waals surface area contributed by atoms with Gasteiger partial charge in [0.25, 0.3) is 5.91 Å². The zero-order chi connectivity index (χ0) is 19.2. The number of piperazine rings is 1. The van der Waals surface area contributed by atoms with Gasteiger partial charge in [-0.1, -0.05) is 18.2 Å². The lowest BCUT2D eigenvalue weighted by atomic mass is 10.2. The summed E-state index contributed by atoms with van der Waals surface area (Å²) in [5, 5.41) is 3.26. The van der Waals surface area contributed by atoms with Crippen LogP contribution in [0.5, 0.6) is 0 Å². The van der Waals surface area contributed by atoms with Gasteiger partial charge in [-0.25, -0.2) is 9.78 Å². The lowest BCUT2D eigenvalue weighted by Crippen LogP contribution is -2.50. The van der Waals surface area contributed by atoms with E-state index in [2.05, 4.69) is 10.3 Å². The Morgan fingerprint density at radius 3 is 2.52 bits per heavy atom. The monoisotopic (exact) mass is 368 g/mol. The molecule has 2 heterocycles. The highest BCUT2D eigenvalue weighted by atomic mass is 16.6. The number of nitrogens with one attached hydrogen (secondary N) is 1. The number of carbonyl (C=O) groups excluding carboxylic acids is 2. The van der Waals surface area contributed by atoms with E-state index in [1.54, 1.807) is 35.1 Å². The molecular formula is C20H24N4O3. The van der Waals surface area contributed by atoms with Crippen molar-refractivity contribution in [3.63, 3.8) is 0 Å². The molecule has 0 atom stereocenters. The molecule has 0 aliphatic carbocycles. The molecule has 0 unspecified atom stereocenters. The molecular weight excluding hydrogens is 344 g/mol. The number of pyridine rings is 1. The molecule has 2 aromatic rings. The molecule has 0 radical (unpaired) electrons. The van der Waals surface area contributed by atoms with Gasteiger partial charge in [0.15, 0.2) is 0 Å². The zero-order valence-corrected chi connectivity index (χ0v) is 15.6. The summed E-state index contributed by atoms with van der Waals surface area (Å²) in [6.45, 7) is 6.07. The van der Waals surface area contributed by atoms with Gasteiger partial charge < -0.3 is 19.9 Å². The molecule has 27 heavy (non-hydrogen) atoms. The molecule has 1 aliphatic heterocycles. The Morgan fingerprint density at radius 1 is 1.11 bits per heavy atom. The van der Waals surface area contributed by atoms with Crippen LogP contribution in [0.25, 0.3) is 0 Å². The van der Waals surface area contributed by atoms with Gasteiger partial charge >= 0.3 is 6.09 Å². The van der Waals surface area contributed by atoms with E-state index < -0.39 is 0 Å². The molecule has 7 nitrogen and oxygen atoms in total. The average molecular weight is 368 g/mol. The van der Waals surface area contributed by atoms with Gasteiger partial charge in [-0.05, 0) is 37.6 Å². The number of hydrogen-bond donors (Lipinski definition) is 1. The molecule has 7 heteroatoms. The predicted octanol–water partition coefficient (Wildman–Crippen LogP) is 3.05. The second-order valence-corrected chi connectivity index (χ2v) is 6.35. The minimum absolute atomic E-state index is 0.0613. The number of aryl methyl sites for hydroxylation is 1. The normalized spacial score (nSPS) is 14.0. The largest absolute Gasteiger partial charge is 0.450 e. The number of aromatic nitrogens is 1. The molecule has 2 amide bonds. The highest BCUT2D eigenvalue weighted by molar-refractivity contribution is 5.95. The summed E-state index contributed by atoms with van der Waals surface area (Å²) in [4.78, 5) is 32.3. The Morgan fingerprint density at radius 2 is 1.81 bits per heavy atom. The van der Waals surface area contributed by atoms with E-state index in [1.807, 2.05) is 31.2 Å². The van der Waals surface area contributed by atoms with Crippen molar-refractivity contribution in [2.75, 3.05) is 38.1 Å². The number of para-hydroxylation sites is 1. The van der Waals surface area contributed by atoms with E-state index in [9.17, 15) is 9.59 Å². The van der Waals surface area contributed by atoms with E-state index in [4.69, 9.17) is 4.74 Å². The van der Waals surface area contributed by atoms with Gasteiger partial charge in [0.1, 0.15) is 5.82 Å². The third-order valence-electron chi connectivity index (χ3n) is 4.51. The minimum atomic E-state index is -0.321. The smallest absolute Gasteiger partial charge is 0.409 e. The highest BCUT2D eigenvalue weighted by Crippen LogP contribution is 2.20. The summed E-state index contributed by atoms with van der Waals surface area (Å²) < 4.78 is 5.01. The molecule has 3 rings (SSSR count). The van der Waals surface area contributed by atoms with Gasteiger partial charge in [0, 0.05) is 43.6 Å². The Kier molecular flexibility index (Phi) is 5.90. The van der Waals surface area contributed by atoms with Crippen molar-refractivity contribution in [3.05, 3.63) is 53.7 Å². The summed E-state index contributed by atoms with van der Waals surface area (Å²) in [5.41, 5.74) is 2.63. The van der Waals surface area contributed by atoms with Gasteiger partial charge in [0.05, 0.1) is 6.61 Å². The van der Waals surface area contributed by atoms with Crippen molar-refractivity contribution in [1.29, 1.82) is 0 Å². The molecule has 0 saturated carbocycles. The number of nitrogens with zero attached hydrogens (tertiary/aromatic N) is 3. The fraction of sp³-hybridized carbons (Fsp3) is 0.350. The molecule has 1 saturated heterocycles. The lowest BCUT2D eigenvalue weighted by molar-refractivity contribution is 0.0570. The second kappa shape index (κ2) is 8.53. The zero-order valence-electron chi connectivity index (χ0n) is 15.6. The number of rotatable bonds is 4. The fourth-order valence-electron chi connectivity index (χ4n) is 2.97. The number of carbonyl (C=O) groups is 2. The summed E-state index contributed by atoms with van der Waals surface area (Å²) in [6.07, 6.45) is 1.31. The van der Waals surface area contributed by atoms with Crippen LogP contribution in [0, 0.1) is 6.92 Å². The van der Waals surface area contributed by atoms with E-state index >= 15 is 0 Å². The molecule has 0 spiro atoms. The maximum absolute atomic E-state index is 12.8. The molecule has 1 aliphatic rings. The first-order chi connectivity index (χ1) is 13.1. The van der Waals surface area contributed by atoms with Crippen molar-refractivity contribution in [2.45, 2.75) is 13.8 Å². The maximum Gasteiger partial charge on any atom is 0.409 e. The predicted molar refractivity (Wildman–Crippen MR) is 103 cm³/mol. The third kappa shape index (κ3) is 4.55. The quantitative estimate of drug-likeness (QED) is 0.898. The standard InChI is InChI=1S/C20H24N4O3/c1-3-27-20(26)24-12-10-23(11-13-24)19(25)16-8-9-21-18(14-16)22-17-7-5-4-6-15(17)2/h4-9,14H,3,10-13H2,1-2H3,(H,21,22). The fourth-order valence-corrected chi connectivity index (χ4v) is 2.97. The van der Waals surface area contributed by atoms with Crippen LogP contribution >= 0.6 is 0 Å². The van der Waals surface area contributed by atoms with Crippen molar-refractivity contribution in [3.8, 4) is 0 Å². The molecule has 0 bridgehead atoms. The van der Waals surface area contributed by atoms with Crippen molar-refractivity contribution >= 4 is 23.5 Å². The van der Waals surface area contributed by atoms with E-state index in [0.717, 1.165) is 11.3 Å². The molecule has 1 N–H and O–H groups in total. The van der Waals surface area contributed by atoms with Gasteiger partial charge in [-0.15, -0.1) is 0 Å². The van der Waals surface area contributed by atoms with Crippen molar-refractivity contribution < 1.29 is 14.3 Å². The summed E-state index contributed by atoms with van der Waals surface area (Å²) in [5.74, 6) is 0.564. The number of hydrogen-bond acceptors (Lipinski definition) is 5. The maximum atomic E-state index is 12.8. The molecule has 1 aromatic carbocycles. The average Bonchev–Trinajstić information content (AvgIpc) is 2.70. The Labute approximate surface area is 158 Å². The SMILES string of the molecule is CCOC(=O)N1CCN(C(=O)c2ccnc(Nc3ccccc3C)c2)CC1. The molecule has 1 fully saturated rings. The van der Waals surface area contributed by atoms with E-state index in [1.165, 1.54) is 0 Å². The van der Waals surface area contributed by atoms with Crippen LogP contribution in [-0.4, -0.2) is 59.6 Å². The Hall–Kier alpha value is -3.09. The number of ether oxygens (including phenoxy) is 1. The highest BCUT2D eigenvalue weighted by Gasteiger charge is 2.25. The molecule has 1 aromatic heterocycles. The first-order valence-corrected chi connectivity index (χ1v) is 9.08. The summed E-state index contributed by atoms with van der Waals surface area (Å²) in [6, 6.07) is 11.4. The van der Waals surface area contributed by atoms with E-state index in [0.29, 0.717) is 44.2 Å². The summed E-state index contributed by atoms with van der Waals surface area (Å²) >= 11 is 0. The van der Waals surface area contributed by atoms with Crippen LogP contribution in [0.2, 0.25) is 0 Å². The van der Waals surface area contributed by atoms with Crippen LogP contribution in [0.4, 0.5) is 16.3 Å². The first kappa shape index (κ1) is 18.7. The van der Waals surface area contributed by atoms with Crippen molar-refractivity contribution in [2.24, 2.45) is 0 Å². The minimum Gasteiger partial charge on any atom is -0.450 e. The molecule has 142 valence electrons. The number of benzene rings is 1. The van der Waals surface area contributed by atoms with Crippen LogP contribution < -0.4 is 5.32 Å². The van der Waals surface area contributed by atoms with Crippen LogP contribution in [0.3, 0.4) is 0 Å². The van der Waals surface area contributed by atoms with Crippen LogP contribution in [0.1, 0.15) is 22.8 Å². The third-order valence-corrected chi connectivity index (χ3v) is 4.51.